The van der Waals surface area contributed by atoms with Crippen LogP contribution in [0.3, 0.4) is 0 Å². The molecule has 0 saturated carbocycles. The van der Waals surface area contributed by atoms with Gasteiger partial charge < -0.3 is 5.32 Å². The Morgan fingerprint density at radius 2 is 2.05 bits per heavy atom. The lowest BCUT2D eigenvalue weighted by Crippen LogP contribution is -2.15. The van der Waals surface area contributed by atoms with E-state index < -0.39 is 0 Å². The number of rotatable bonds is 3. The van der Waals surface area contributed by atoms with Gasteiger partial charge in [-0.15, -0.1) is 11.8 Å². The van der Waals surface area contributed by atoms with Crippen molar-refractivity contribution in [3.63, 3.8) is 0 Å². The molecule has 1 aliphatic rings. The van der Waals surface area contributed by atoms with Crippen LogP contribution < -0.4 is 5.32 Å². The van der Waals surface area contributed by atoms with E-state index in [2.05, 4.69) is 10.4 Å². The second-order valence-corrected chi connectivity index (χ2v) is 5.81. The smallest absolute Gasteiger partial charge is 0.256 e. The Balaban J connectivity index is 1.82. The predicted octanol–water partition coefficient (Wildman–Crippen LogP) is 2.88. The zero-order chi connectivity index (χ0) is 14.1. The van der Waals surface area contributed by atoms with Gasteiger partial charge in [0.05, 0.1) is 5.69 Å². The van der Waals surface area contributed by atoms with Crippen LogP contribution in [0.4, 0.5) is 5.82 Å². The summed E-state index contributed by atoms with van der Waals surface area (Å²) in [4.78, 5) is 13.5. The molecule has 0 unspecified atom stereocenters. The molecule has 1 aliphatic carbocycles. The molecule has 1 aromatic carbocycles. The minimum absolute atomic E-state index is 0.0737. The Morgan fingerprint density at radius 1 is 1.30 bits per heavy atom. The number of carbonyl (C=O) groups excluding carboxylic acids is 1. The van der Waals surface area contributed by atoms with Crippen molar-refractivity contribution >= 4 is 23.5 Å². The van der Waals surface area contributed by atoms with E-state index in [1.807, 2.05) is 37.6 Å². The van der Waals surface area contributed by atoms with Crippen LogP contribution in [-0.4, -0.2) is 21.9 Å². The topological polar surface area (TPSA) is 46.9 Å². The zero-order valence-electron chi connectivity index (χ0n) is 11.6. The normalized spacial score (nSPS) is 13.3. The van der Waals surface area contributed by atoms with Crippen LogP contribution in [0.2, 0.25) is 0 Å². The van der Waals surface area contributed by atoms with E-state index in [0.29, 0.717) is 5.56 Å². The Kier molecular flexibility index (Phi) is 3.53. The maximum absolute atomic E-state index is 12.3. The molecule has 3 rings (SSSR count). The predicted molar refractivity (Wildman–Crippen MR) is 81.4 cm³/mol. The van der Waals surface area contributed by atoms with Gasteiger partial charge in [0.25, 0.3) is 5.91 Å². The van der Waals surface area contributed by atoms with Crippen LogP contribution in [0, 0.1) is 0 Å². The van der Waals surface area contributed by atoms with Crippen LogP contribution in [0.1, 0.15) is 28.0 Å². The molecule has 104 valence electrons. The second kappa shape index (κ2) is 5.32. The number of benzene rings is 1. The molecule has 0 radical (unpaired) electrons. The first-order chi connectivity index (χ1) is 9.69. The molecule has 0 atom stereocenters. The lowest BCUT2D eigenvalue weighted by molar-refractivity contribution is 0.102. The van der Waals surface area contributed by atoms with Crippen LogP contribution in [0.15, 0.2) is 29.2 Å². The molecule has 0 saturated heterocycles. The highest BCUT2D eigenvalue weighted by molar-refractivity contribution is 7.98. The third-order valence-electron chi connectivity index (χ3n) is 3.65. The fourth-order valence-corrected chi connectivity index (χ4v) is 3.01. The van der Waals surface area contributed by atoms with E-state index in [1.165, 1.54) is 5.56 Å². The van der Waals surface area contributed by atoms with E-state index in [9.17, 15) is 4.79 Å². The Bertz CT molecular complexity index is 646. The van der Waals surface area contributed by atoms with Gasteiger partial charge in [-0.2, -0.15) is 5.10 Å². The summed E-state index contributed by atoms with van der Waals surface area (Å²) in [6.07, 6.45) is 5.17. The summed E-state index contributed by atoms with van der Waals surface area (Å²) in [5.74, 6) is 0.770. The van der Waals surface area contributed by atoms with Gasteiger partial charge in [-0.3, -0.25) is 9.48 Å². The molecule has 0 fully saturated rings. The summed E-state index contributed by atoms with van der Waals surface area (Å²) in [6, 6.07) is 7.65. The number of hydrogen-bond acceptors (Lipinski definition) is 3. The number of anilines is 1. The summed E-state index contributed by atoms with van der Waals surface area (Å²) in [6.45, 7) is 0. The summed E-state index contributed by atoms with van der Waals surface area (Å²) in [5, 5.41) is 7.46. The number of aromatic nitrogens is 2. The van der Waals surface area contributed by atoms with Gasteiger partial charge in [-0.1, -0.05) is 0 Å². The molecule has 20 heavy (non-hydrogen) atoms. The maximum atomic E-state index is 12.3. The highest BCUT2D eigenvalue weighted by Crippen LogP contribution is 2.28. The quantitative estimate of drug-likeness (QED) is 0.883. The van der Waals surface area contributed by atoms with Crippen molar-refractivity contribution in [3.05, 3.63) is 41.1 Å². The molecule has 1 N–H and O–H groups in total. The second-order valence-electron chi connectivity index (χ2n) is 4.93. The molecular weight excluding hydrogens is 270 g/mol. The summed E-state index contributed by atoms with van der Waals surface area (Å²) in [5.41, 5.74) is 3.00. The number of amides is 1. The first-order valence-electron chi connectivity index (χ1n) is 6.69. The molecule has 0 spiro atoms. The summed E-state index contributed by atoms with van der Waals surface area (Å²) >= 11 is 1.67. The largest absolute Gasteiger partial charge is 0.307 e. The monoisotopic (exact) mass is 287 g/mol. The Morgan fingerprint density at radius 3 is 2.75 bits per heavy atom. The molecule has 1 amide bonds. The van der Waals surface area contributed by atoms with Crippen molar-refractivity contribution in [2.45, 2.75) is 24.2 Å². The Hall–Kier alpha value is -1.75. The SMILES string of the molecule is CSc1ccc(C(=O)Nc2c3c(nn2C)CCC3)cc1. The summed E-state index contributed by atoms with van der Waals surface area (Å²) in [7, 11) is 1.88. The van der Waals surface area contributed by atoms with Crippen molar-refractivity contribution in [2.24, 2.45) is 7.05 Å². The highest BCUT2D eigenvalue weighted by Gasteiger charge is 2.22. The van der Waals surface area contributed by atoms with Crippen LogP contribution in [0.5, 0.6) is 0 Å². The third kappa shape index (κ3) is 2.33. The minimum atomic E-state index is -0.0737. The van der Waals surface area contributed by atoms with E-state index in [4.69, 9.17) is 0 Å². The van der Waals surface area contributed by atoms with Gasteiger partial charge in [0, 0.05) is 23.1 Å². The number of carbonyl (C=O) groups is 1. The van der Waals surface area contributed by atoms with E-state index in [0.717, 1.165) is 35.7 Å². The first-order valence-corrected chi connectivity index (χ1v) is 7.91. The lowest BCUT2D eigenvalue weighted by atomic mass is 10.2. The lowest BCUT2D eigenvalue weighted by Gasteiger charge is -2.08. The van der Waals surface area contributed by atoms with Gasteiger partial charge in [0.2, 0.25) is 0 Å². The fourth-order valence-electron chi connectivity index (χ4n) is 2.60. The molecule has 1 aromatic heterocycles. The summed E-state index contributed by atoms with van der Waals surface area (Å²) < 4.78 is 1.78. The third-order valence-corrected chi connectivity index (χ3v) is 4.40. The standard InChI is InChI=1S/C15H17N3OS/c1-18-14(12-4-3-5-13(12)17-18)16-15(19)10-6-8-11(20-2)9-7-10/h6-9H,3-5H2,1-2H3,(H,16,19). The van der Waals surface area contributed by atoms with Gasteiger partial charge in [0.15, 0.2) is 0 Å². The van der Waals surface area contributed by atoms with Gasteiger partial charge in [-0.05, 0) is 49.8 Å². The number of hydrogen-bond donors (Lipinski definition) is 1. The van der Waals surface area contributed by atoms with Crippen molar-refractivity contribution in [2.75, 3.05) is 11.6 Å². The maximum Gasteiger partial charge on any atom is 0.256 e. The van der Waals surface area contributed by atoms with E-state index in [-0.39, 0.29) is 5.91 Å². The Labute approximate surface area is 122 Å². The number of nitrogens with zero attached hydrogens (tertiary/aromatic N) is 2. The first kappa shape index (κ1) is 13.2. The van der Waals surface area contributed by atoms with Crippen LogP contribution in [-0.2, 0) is 19.9 Å². The fraction of sp³-hybridized carbons (Fsp3) is 0.333. The molecule has 1 heterocycles. The molecule has 5 heteroatoms. The molecule has 4 nitrogen and oxygen atoms in total. The van der Waals surface area contributed by atoms with Crippen molar-refractivity contribution in [1.82, 2.24) is 9.78 Å². The highest BCUT2D eigenvalue weighted by atomic mass is 32.2. The molecule has 0 bridgehead atoms. The van der Waals surface area contributed by atoms with Gasteiger partial charge >= 0.3 is 0 Å². The van der Waals surface area contributed by atoms with Crippen molar-refractivity contribution in [3.8, 4) is 0 Å². The van der Waals surface area contributed by atoms with Crippen molar-refractivity contribution in [1.29, 1.82) is 0 Å². The molecular formula is C15H17N3OS. The average molecular weight is 287 g/mol. The van der Waals surface area contributed by atoms with Crippen LogP contribution >= 0.6 is 11.8 Å². The van der Waals surface area contributed by atoms with E-state index in [1.54, 1.807) is 16.4 Å². The number of aryl methyl sites for hydroxylation is 2. The van der Waals surface area contributed by atoms with E-state index >= 15 is 0 Å². The zero-order valence-corrected chi connectivity index (χ0v) is 12.5. The average Bonchev–Trinajstić information content (AvgIpc) is 3.02. The minimum Gasteiger partial charge on any atom is -0.307 e. The van der Waals surface area contributed by atoms with Gasteiger partial charge in [0.1, 0.15) is 5.82 Å². The van der Waals surface area contributed by atoms with Crippen LogP contribution in [0.25, 0.3) is 0 Å². The number of fused-ring (bicyclic) bond motifs is 1. The van der Waals surface area contributed by atoms with Gasteiger partial charge in [-0.25, -0.2) is 0 Å². The van der Waals surface area contributed by atoms with Crippen molar-refractivity contribution < 1.29 is 4.79 Å². The molecule has 2 aromatic rings. The number of nitrogens with one attached hydrogen (secondary N) is 1. The molecule has 0 aliphatic heterocycles. The number of thioether (sulfide) groups is 1.